The first-order valence-corrected chi connectivity index (χ1v) is 9.04. The second kappa shape index (κ2) is 7.97. The van der Waals surface area contributed by atoms with E-state index in [1.54, 1.807) is 18.2 Å². The molecule has 0 atom stereocenters. The van der Waals surface area contributed by atoms with Crippen molar-refractivity contribution in [2.75, 3.05) is 19.1 Å². The van der Waals surface area contributed by atoms with E-state index in [0.717, 1.165) is 16.0 Å². The average molecular weight is 415 g/mol. The highest BCUT2D eigenvalue weighted by Crippen LogP contribution is 2.37. The van der Waals surface area contributed by atoms with Crippen molar-refractivity contribution in [1.29, 1.82) is 0 Å². The molecular weight excluding hydrogens is 396 g/mol. The Morgan fingerprint density at radius 1 is 0.966 bits per heavy atom. The second-order valence-electron chi connectivity index (χ2n) is 6.54. The monoisotopic (exact) mass is 414 g/mol. The van der Waals surface area contributed by atoms with Crippen molar-refractivity contribution in [2.45, 2.75) is 13.8 Å². The number of anilines is 1. The first-order chi connectivity index (χ1) is 13.7. The van der Waals surface area contributed by atoms with Gasteiger partial charge in [-0.15, -0.1) is 0 Å². The third kappa shape index (κ3) is 3.95. The number of carbonyl (C=O) groups excluding carboxylic acids is 3. The summed E-state index contributed by atoms with van der Waals surface area (Å²) in [7, 11) is 2.90. The lowest BCUT2D eigenvalue weighted by Gasteiger charge is -2.27. The molecule has 4 amide bonds. The molecule has 29 heavy (non-hydrogen) atoms. The minimum atomic E-state index is -0.799. The Hall–Kier alpha value is -3.32. The molecule has 0 aromatic heterocycles. The van der Waals surface area contributed by atoms with Gasteiger partial charge in [-0.05, 0) is 60.9 Å². The van der Waals surface area contributed by atoms with Gasteiger partial charge in [-0.1, -0.05) is 17.7 Å². The Bertz CT molecular complexity index is 1040. The smallest absolute Gasteiger partial charge is 0.335 e. The van der Waals surface area contributed by atoms with Crippen LogP contribution in [-0.2, 0) is 9.59 Å². The average Bonchev–Trinajstić information content (AvgIpc) is 2.63. The van der Waals surface area contributed by atoms with E-state index in [-0.39, 0.29) is 10.6 Å². The van der Waals surface area contributed by atoms with E-state index in [0.29, 0.717) is 22.7 Å². The van der Waals surface area contributed by atoms with E-state index < -0.39 is 17.8 Å². The van der Waals surface area contributed by atoms with Crippen LogP contribution in [0.4, 0.5) is 10.5 Å². The number of hydrogen-bond donors (Lipinski definition) is 1. The standard InChI is InChI=1S/C21H19ClN2O5/c1-11-5-12(2)7-14(6-11)24-20(26)15(19(25)23-21(24)27)8-13-9-16(22)18(29-4)17(10-13)28-3/h5-10H,1-4H3,(H,23,25,27)/b15-8-. The number of amides is 4. The molecule has 150 valence electrons. The van der Waals surface area contributed by atoms with Gasteiger partial charge >= 0.3 is 6.03 Å². The molecule has 1 fully saturated rings. The number of halogens is 1. The number of ether oxygens (including phenoxy) is 2. The molecule has 0 unspecified atom stereocenters. The number of carbonyl (C=O) groups is 3. The summed E-state index contributed by atoms with van der Waals surface area (Å²) in [5, 5.41) is 2.46. The van der Waals surface area contributed by atoms with E-state index >= 15 is 0 Å². The minimum absolute atomic E-state index is 0.202. The fourth-order valence-corrected chi connectivity index (χ4v) is 3.46. The molecule has 2 aromatic rings. The summed E-state index contributed by atoms with van der Waals surface area (Å²) in [6, 6.07) is 7.64. The number of aryl methyl sites for hydroxylation is 2. The topological polar surface area (TPSA) is 84.9 Å². The van der Waals surface area contributed by atoms with Gasteiger partial charge in [0.2, 0.25) is 0 Å². The predicted octanol–water partition coefficient (Wildman–Crippen LogP) is 3.64. The lowest BCUT2D eigenvalue weighted by Crippen LogP contribution is -2.54. The number of imide groups is 2. The van der Waals surface area contributed by atoms with Gasteiger partial charge in [0, 0.05) is 0 Å². The number of methoxy groups -OCH3 is 2. The fraction of sp³-hybridized carbons (Fsp3) is 0.190. The third-order valence-electron chi connectivity index (χ3n) is 4.33. The third-order valence-corrected chi connectivity index (χ3v) is 4.61. The van der Waals surface area contributed by atoms with Crippen LogP contribution in [0.2, 0.25) is 5.02 Å². The van der Waals surface area contributed by atoms with E-state index in [2.05, 4.69) is 5.32 Å². The van der Waals surface area contributed by atoms with Crippen LogP contribution in [0.5, 0.6) is 11.5 Å². The maximum Gasteiger partial charge on any atom is 0.335 e. The molecule has 1 aliphatic heterocycles. The van der Waals surface area contributed by atoms with Gasteiger partial charge in [-0.3, -0.25) is 14.9 Å². The summed E-state index contributed by atoms with van der Waals surface area (Å²) < 4.78 is 10.4. The van der Waals surface area contributed by atoms with E-state index in [9.17, 15) is 14.4 Å². The van der Waals surface area contributed by atoms with Gasteiger partial charge in [0.1, 0.15) is 5.57 Å². The molecule has 1 heterocycles. The van der Waals surface area contributed by atoms with Crippen LogP contribution >= 0.6 is 11.6 Å². The molecule has 7 nitrogen and oxygen atoms in total. The highest BCUT2D eigenvalue weighted by Gasteiger charge is 2.37. The van der Waals surface area contributed by atoms with Crippen LogP contribution in [0.1, 0.15) is 16.7 Å². The Labute approximate surface area is 172 Å². The van der Waals surface area contributed by atoms with Crippen molar-refractivity contribution in [1.82, 2.24) is 5.32 Å². The van der Waals surface area contributed by atoms with Crippen molar-refractivity contribution in [3.05, 3.63) is 57.6 Å². The summed E-state index contributed by atoms with van der Waals surface area (Å²) in [4.78, 5) is 38.7. The molecular formula is C21H19ClN2O5. The minimum Gasteiger partial charge on any atom is -0.493 e. The van der Waals surface area contributed by atoms with Crippen molar-refractivity contribution < 1.29 is 23.9 Å². The van der Waals surface area contributed by atoms with Gasteiger partial charge in [-0.2, -0.15) is 0 Å². The number of nitrogens with zero attached hydrogens (tertiary/aromatic N) is 1. The first-order valence-electron chi connectivity index (χ1n) is 8.66. The van der Waals surface area contributed by atoms with Crippen molar-refractivity contribution in [3.63, 3.8) is 0 Å². The molecule has 1 N–H and O–H groups in total. The quantitative estimate of drug-likeness (QED) is 0.609. The number of nitrogens with one attached hydrogen (secondary N) is 1. The molecule has 0 aliphatic carbocycles. The van der Waals surface area contributed by atoms with Gasteiger partial charge in [0.15, 0.2) is 11.5 Å². The first kappa shape index (κ1) is 20.4. The van der Waals surface area contributed by atoms with Crippen molar-refractivity contribution in [2.24, 2.45) is 0 Å². The van der Waals surface area contributed by atoms with E-state index in [1.165, 1.54) is 26.4 Å². The molecule has 2 aromatic carbocycles. The largest absolute Gasteiger partial charge is 0.493 e. The number of urea groups is 1. The van der Waals surface area contributed by atoms with Crippen molar-refractivity contribution in [3.8, 4) is 11.5 Å². The Morgan fingerprint density at radius 2 is 1.62 bits per heavy atom. The zero-order valence-corrected chi connectivity index (χ0v) is 17.1. The maximum absolute atomic E-state index is 13.0. The highest BCUT2D eigenvalue weighted by molar-refractivity contribution is 6.39. The summed E-state index contributed by atoms with van der Waals surface area (Å²) in [6.07, 6.45) is 1.35. The summed E-state index contributed by atoms with van der Waals surface area (Å²) >= 11 is 6.20. The number of barbiturate groups is 1. The Kier molecular flexibility index (Phi) is 5.61. The molecule has 0 saturated carbocycles. The predicted molar refractivity (Wildman–Crippen MR) is 109 cm³/mol. The van der Waals surface area contributed by atoms with Crippen LogP contribution in [0.3, 0.4) is 0 Å². The lowest BCUT2D eigenvalue weighted by molar-refractivity contribution is -0.122. The van der Waals surface area contributed by atoms with E-state index in [4.69, 9.17) is 21.1 Å². The van der Waals surface area contributed by atoms with Crippen molar-refractivity contribution >= 4 is 41.2 Å². The van der Waals surface area contributed by atoms with Crippen LogP contribution in [-0.4, -0.2) is 32.1 Å². The molecule has 0 spiro atoms. The SMILES string of the molecule is COc1cc(/C=C2/C(=O)NC(=O)N(c3cc(C)cc(C)c3)C2=O)cc(Cl)c1OC. The molecule has 1 aliphatic rings. The van der Waals surface area contributed by atoms with Crippen LogP contribution in [0.25, 0.3) is 6.08 Å². The van der Waals surface area contributed by atoms with Gasteiger partial charge in [0.25, 0.3) is 11.8 Å². The summed E-state index contributed by atoms with van der Waals surface area (Å²) in [5.41, 5.74) is 2.39. The Morgan fingerprint density at radius 3 is 2.21 bits per heavy atom. The summed E-state index contributed by atoms with van der Waals surface area (Å²) in [6.45, 7) is 3.72. The molecule has 3 rings (SSSR count). The van der Waals surface area contributed by atoms with Gasteiger partial charge < -0.3 is 9.47 Å². The molecule has 8 heteroatoms. The zero-order chi connectivity index (χ0) is 21.3. The number of benzene rings is 2. The van der Waals surface area contributed by atoms with Crippen LogP contribution in [0, 0.1) is 13.8 Å². The number of hydrogen-bond acceptors (Lipinski definition) is 5. The van der Waals surface area contributed by atoms with E-state index in [1.807, 2.05) is 19.9 Å². The lowest BCUT2D eigenvalue weighted by atomic mass is 10.0. The van der Waals surface area contributed by atoms with Crippen LogP contribution in [0.15, 0.2) is 35.9 Å². The van der Waals surface area contributed by atoms with Crippen LogP contribution < -0.4 is 19.7 Å². The summed E-state index contributed by atoms with van der Waals surface area (Å²) in [5.74, 6) is -0.832. The normalized spacial score (nSPS) is 15.6. The molecule has 1 saturated heterocycles. The second-order valence-corrected chi connectivity index (χ2v) is 6.95. The van der Waals surface area contributed by atoms with Gasteiger partial charge in [-0.25, -0.2) is 9.69 Å². The highest BCUT2D eigenvalue weighted by atomic mass is 35.5. The van der Waals surface area contributed by atoms with Gasteiger partial charge in [0.05, 0.1) is 24.9 Å². The fourth-order valence-electron chi connectivity index (χ4n) is 3.16. The molecule has 0 radical (unpaired) electrons. The number of rotatable bonds is 4. The molecule has 0 bridgehead atoms. The maximum atomic E-state index is 13.0. The Balaban J connectivity index is 2.07. The zero-order valence-electron chi connectivity index (χ0n) is 16.3.